The molecule has 0 amide bonds. The highest BCUT2D eigenvalue weighted by Crippen LogP contribution is 2.27. The lowest BCUT2D eigenvalue weighted by Crippen LogP contribution is -2.31. The maximum Gasteiger partial charge on any atom is 0.187 e. The highest BCUT2D eigenvalue weighted by molar-refractivity contribution is 7.80. The standard InChI is InChI=1S/C15H21N3O2S/c1-4-8-16-15(21)18-17-11-12-6-7-13(19-3)14(10-12)20-9-5-2/h4,6-7,10-11H,1,5,8-9H2,2-3H3,(H2,16,18,21)/b17-11-. The minimum absolute atomic E-state index is 0.446. The zero-order valence-corrected chi connectivity index (χ0v) is 13.2. The van der Waals surface area contributed by atoms with E-state index < -0.39 is 0 Å². The molecule has 6 heteroatoms. The average molecular weight is 307 g/mol. The lowest BCUT2D eigenvalue weighted by molar-refractivity contribution is 0.294. The Kier molecular flexibility index (Phi) is 7.89. The van der Waals surface area contributed by atoms with E-state index in [0.717, 1.165) is 12.0 Å². The Balaban J connectivity index is 2.65. The predicted octanol–water partition coefficient (Wildman–Crippen LogP) is 2.47. The molecule has 5 nitrogen and oxygen atoms in total. The van der Waals surface area contributed by atoms with Crippen LogP contribution in [0.3, 0.4) is 0 Å². The molecule has 0 bridgehead atoms. The molecule has 0 aliphatic carbocycles. The SMILES string of the molecule is C=CCNC(=S)N/N=C\c1ccc(OC)c(OCCC)c1. The lowest BCUT2D eigenvalue weighted by atomic mass is 10.2. The monoisotopic (exact) mass is 307 g/mol. The summed E-state index contributed by atoms with van der Waals surface area (Å²) in [5.74, 6) is 1.41. The fourth-order valence-corrected chi connectivity index (χ4v) is 1.60. The van der Waals surface area contributed by atoms with Crippen molar-refractivity contribution in [1.29, 1.82) is 0 Å². The van der Waals surface area contributed by atoms with Crippen molar-refractivity contribution < 1.29 is 9.47 Å². The van der Waals surface area contributed by atoms with Crippen LogP contribution in [0.15, 0.2) is 36.0 Å². The number of thiocarbonyl (C=S) groups is 1. The van der Waals surface area contributed by atoms with Crippen LogP contribution >= 0.6 is 12.2 Å². The number of hydrogen-bond donors (Lipinski definition) is 2. The molecule has 114 valence electrons. The summed E-state index contributed by atoms with van der Waals surface area (Å²) in [7, 11) is 1.62. The Labute approximate surface area is 131 Å². The van der Waals surface area contributed by atoms with Crippen LogP contribution in [0.25, 0.3) is 0 Å². The van der Waals surface area contributed by atoms with Crippen LogP contribution in [0.2, 0.25) is 0 Å². The minimum Gasteiger partial charge on any atom is -0.493 e. The van der Waals surface area contributed by atoms with Crippen molar-refractivity contribution in [3.05, 3.63) is 36.4 Å². The van der Waals surface area contributed by atoms with Crippen molar-refractivity contribution in [2.75, 3.05) is 20.3 Å². The van der Waals surface area contributed by atoms with Crippen LogP contribution in [0, 0.1) is 0 Å². The topological polar surface area (TPSA) is 54.9 Å². The van der Waals surface area contributed by atoms with Crippen molar-refractivity contribution in [2.24, 2.45) is 5.10 Å². The van der Waals surface area contributed by atoms with Gasteiger partial charge in [0.15, 0.2) is 16.6 Å². The smallest absolute Gasteiger partial charge is 0.187 e. The van der Waals surface area contributed by atoms with Gasteiger partial charge in [0.25, 0.3) is 0 Å². The van der Waals surface area contributed by atoms with E-state index >= 15 is 0 Å². The quantitative estimate of drug-likeness (QED) is 0.334. The number of rotatable bonds is 8. The molecular weight excluding hydrogens is 286 g/mol. The second kappa shape index (κ2) is 9.77. The number of methoxy groups -OCH3 is 1. The highest BCUT2D eigenvalue weighted by atomic mass is 32.1. The lowest BCUT2D eigenvalue weighted by Gasteiger charge is -2.10. The third kappa shape index (κ3) is 6.27. The molecule has 0 radical (unpaired) electrons. The number of hydrogen-bond acceptors (Lipinski definition) is 4. The summed E-state index contributed by atoms with van der Waals surface area (Å²) in [5.41, 5.74) is 3.62. The zero-order valence-electron chi connectivity index (χ0n) is 12.4. The van der Waals surface area contributed by atoms with Crippen LogP contribution in [-0.2, 0) is 0 Å². The van der Waals surface area contributed by atoms with Gasteiger partial charge >= 0.3 is 0 Å². The molecule has 0 saturated heterocycles. The molecule has 2 N–H and O–H groups in total. The molecule has 0 saturated carbocycles. The van der Waals surface area contributed by atoms with Crippen LogP contribution < -0.4 is 20.2 Å². The maximum atomic E-state index is 5.64. The van der Waals surface area contributed by atoms with E-state index in [-0.39, 0.29) is 0 Å². The summed E-state index contributed by atoms with van der Waals surface area (Å²) in [6.07, 6.45) is 4.32. The van der Waals surface area contributed by atoms with Gasteiger partial charge in [0.05, 0.1) is 19.9 Å². The molecule has 0 unspecified atom stereocenters. The highest BCUT2D eigenvalue weighted by Gasteiger charge is 2.04. The molecule has 0 aliphatic heterocycles. The van der Waals surface area contributed by atoms with Gasteiger partial charge in [-0.25, -0.2) is 0 Å². The summed E-state index contributed by atoms with van der Waals surface area (Å²) in [6, 6.07) is 5.61. The molecular formula is C15H21N3O2S. The number of ether oxygens (including phenoxy) is 2. The molecule has 0 aliphatic rings. The Hall–Kier alpha value is -2.08. The molecule has 21 heavy (non-hydrogen) atoms. The summed E-state index contributed by atoms with van der Waals surface area (Å²) >= 11 is 5.03. The third-order valence-electron chi connectivity index (χ3n) is 2.44. The Bertz CT molecular complexity index is 504. The van der Waals surface area contributed by atoms with Crippen LogP contribution in [0.5, 0.6) is 11.5 Å². The van der Waals surface area contributed by atoms with Crippen molar-refractivity contribution in [3.63, 3.8) is 0 Å². The summed E-state index contributed by atoms with van der Waals surface area (Å²) in [5, 5.41) is 7.43. The van der Waals surface area contributed by atoms with Gasteiger partial charge in [0, 0.05) is 6.54 Å². The van der Waals surface area contributed by atoms with Gasteiger partial charge in [-0.2, -0.15) is 5.10 Å². The van der Waals surface area contributed by atoms with E-state index in [9.17, 15) is 0 Å². The van der Waals surface area contributed by atoms with Gasteiger partial charge in [-0.15, -0.1) is 6.58 Å². The van der Waals surface area contributed by atoms with Gasteiger partial charge in [-0.05, 0) is 42.4 Å². The second-order valence-electron chi connectivity index (χ2n) is 4.13. The summed E-state index contributed by atoms with van der Waals surface area (Å²) in [6.45, 7) is 6.89. The van der Waals surface area contributed by atoms with Gasteiger partial charge in [-0.3, -0.25) is 5.43 Å². The third-order valence-corrected chi connectivity index (χ3v) is 2.67. The second-order valence-corrected chi connectivity index (χ2v) is 4.54. The van der Waals surface area contributed by atoms with Crippen molar-refractivity contribution in [3.8, 4) is 11.5 Å². The fourth-order valence-electron chi connectivity index (χ4n) is 1.47. The van der Waals surface area contributed by atoms with E-state index in [1.54, 1.807) is 19.4 Å². The minimum atomic E-state index is 0.446. The first-order chi connectivity index (χ1) is 10.2. The van der Waals surface area contributed by atoms with Crippen molar-refractivity contribution >= 4 is 23.5 Å². The van der Waals surface area contributed by atoms with Gasteiger partial charge < -0.3 is 14.8 Å². The zero-order chi connectivity index (χ0) is 15.5. The van der Waals surface area contributed by atoms with Gasteiger partial charge in [0.2, 0.25) is 0 Å². The fraction of sp³-hybridized carbons (Fsp3) is 0.333. The van der Waals surface area contributed by atoms with E-state index in [1.165, 1.54) is 0 Å². The number of benzene rings is 1. The largest absolute Gasteiger partial charge is 0.493 e. The molecule has 0 fully saturated rings. The van der Waals surface area contributed by atoms with Crippen LogP contribution in [0.1, 0.15) is 18.9 Å². The first-order valence-corrected chi connectivity index (χ1v) is 7.10. The van der Waals surface area contributed by atoms with Crippen molar-refractivity contribution in [2.45, 2.75) is 13.3 Å². The number of nitrogens with zero attached hydrogens (tertiary/aromatic N) is 1. The van der Waals surface area contributed by atoms with Gasteiger partial charge in [-0.1, -0.05) is 13.0 Å². The van der Waals surface area contributed by atoms with E-state index in [1.807, 2.05) is 18.2 Å². The van der Waals surface area contributed by atoms with Crippen LogP contribution in [0.4, 0.5) is 0 Å². The molecule has 1 aromatic rings. The van der Waals surface area contributed by atoms with Crippen molar-refractivity contribution in [1.82, 2.24) is 10.7 Å². The summed E-state index contributed by atoms with van der Waals surface area (Å²) < 4.78 is 10.9. The predicted molar refractivity (Wildman–Crippen MR) is 90.3 cm³/mol. The Morgan fingerprint density at radius 2 is 2.24 bits per heavy atom. The Morgan fingerprint density at radius 3 is 2.90 bits per heavy atom. The molecule has 0 aromatic heterocycles. The molecule has 0 spiro atoms. The normalized spacial score (nSPS) is 10.2. The van der Waals surface area contributed by atoms with E-state index in [0.29, 0.717) is 29.8 Å². The van der Waals surface area contributed by atoms with E-state index in [2.05, 4.69) is 29.3 Å². The Morgan fingerprint density at radius 1 is 1.43 bits per heavy atom. The van der Waals surface area contributed by atoms with E-state index in [4.69, 9.17) is 21.7 Å². The molecule has 0 heterocycles. The molecule has 1 aromatic carbocycles. The number of nitrogens with one attached hydrogen (secondary N) is 2. The maximum absolute atomic E-state index is 5.64. The van der Waals surface area contributed by atoms with Crippen LogP contribution in [-0.4, -0.2) is 31.6 Å². The average Bonchev–Trinajstić information content (AvgIpc) is 2.51. The molecule has 0 atom stereocenters. The molecule has 1 rings (SSSR count). The number of hydrazone groups is 1. The summed E-state index contributed by atoms with van der Waals surface area (Å²) in [4.78, 5) is 0. The first kappa shape index (κ1) is 17.0. The first-order valence-electron chi connectivity index (χ1n) is 6.69. The van der Waals surface area contributed by atoms with Gasteiger partial charge in [0.1, 0.15) is 0 Å².